The molecule has 1 atom stereocenters. The van der Waals surface area contributed by atoms with Gasteiger partial charge in [-0.3, -0.25) is 4.90 Å². The van der Waals surface area contributed by atoms with Crippen molar-refractivity contribution in [2.24, 2.45) is 0 Å². The second-order valence-corrected chi connectivity index (χ2v) is 5.20. The molecule has 2 rings (SSSR count). The number of aliphatic hydroxyl groups is 1. The number of hydrogen-bond acceptors (Lipinski definition) is 4. The van der Waals surface area contributed by atoms with Gasteiger partial charge in [0.2, 0.25) is 0 Å². The number of rotatable bonds is 5. The molecule has 1 aliphatic heterocycles. The zero-order chi connectivity index (χ0) is 13.7. The van der Waals surface area contributed by atoms with Crippen LogP contribution in [0.25, 0.3) is 0 Å². The summed E-state index contributed by atoms with van der Waals surface area (Å²) in [7, 11) is 0. The summed E-state index contributed by atoms with van der Waals surface area (Å²) >= 11 is 0. The van der Waals surface area contributed by atoms with Gasteiger partial charge in [0.05, 0.1) is 13.2 Å². The van der Waals surface area contributed by atoms with Crippen molar-refractivity contribution < 1.29 is 27.0 Å². The lowest BCUT2D eigenvalue weighted by Crippen LogP contribution is -3.00. The average molecular weight is 301 g/mol. The zero-order valence-electron chi connectivity index (χ0n) is 12.1. The molecule has 1 saturated heterocycles. The lowest BCUT2D eigenvalue weighted by Gasteiger charge is -2.28. The van der Waals surface area contributed by atoms with Gasteiger partial charge in [0.25, 0.3) is 0 Å². The van der Waals surface area contributed by atoms with Crippen molar-refractivity contribution >= 4 is 0 Å². The molecule has 0 spiro atoms. The van der Waals surface area contributed by atoms with E-state index in [-0.39, 0.29) is 12.4 Å². The summed E-state index contributed by atoms with van der Waals surface area (Å²) < 4.78 is 10.9. The molecule has 0 radical (unpaired) electrons. The molecule has 0 aliphatic carbocycles. The normalized spacial score (nSPS) is 17.4. The van der Waals surface area contributed by atoms with Crippen LogP contribution in [0, 0.1) is 13.8 Å². The predicted octanol–water partition coefficient (Wildman–Crippen LogP) is -1.62. The molecule has 0 bridgehead atoms. The Hall–Kier alpha value is -0.810. The SMILES string of the molecule is Cc1cc(C)cc(OCC(O)CN2CCOCC2)c1.[Cl-]. The first-order valence-electron chi connectivity index (χ1n) is 6.83. The number of aryl methyl sites for hydroxylation is 2. The number of ether oxygens (including phenoxy) is 2. The van der Waals surface area contributed by atoms with Gasteiger partial charge in [0.1, 0.15) is 18.5 Å². The van der Waals surface area contributed by atoms with Crippen molar-refractivity contribution in [1.82, 2.24) is 4.90 Å². The summed E-state index contributed by atoms with van der Waals surface area (Å²) in [5.74, 6) is 0.832. The number of aliphatic hydroxyl groups excluding tert-OH is 1. The minimum absolute atomic E-state index is 0. The van der Waals surface area contributed by atoms with Crippen molar-refractivity contribution in [2.75, 3.05) is 39.5 Å². The maximum absolute atomic E-state index is 9.99. The second-order valence-electron chi connectivity index (χ2n) is 5.20. The van der Waals surface area contributed by atoms with E-state index in [0.29, 0.717) is 13.2 Å². The fourth-order valence-corrected chi connectivity index (χ4v) is 2.34. The van der Waals surface area contributed by atoms with E-state index < -0.39 is 6.10 Å². The van der Waals surface area contributed by atoms with Gasteiger partial charge in [-0.2, -0.15) is 0 Å². The smallest absolute Gasteiger partial charge is 0.119 e. The Morgan fingerprint density at radius 1 is 1.20 bits per heavy atom. The molecule has 1 aromatic rings. The summed E-state index contributed by atoms with van der Waals surface area (Å²) in [6, 6.07) is 6.10. The van der Waals surface area contributed by atoms with E-state index in [2.05, 4.69) is 11.0 Å². The summed E-state index contributed by atoms with van der Waals surface area (Å²) in [4.78, 5) is 2.21. The quantitative estimate of drug-likeness (QED) is 0.710. The molecule has 0 aromatic heterocycles. The van der Waals surface area contributed by atoms with E-state index in [1.165, 1.54) is 11.1 Å². The molecule has 0 saturated carbocycles. The van der Waals surface area contributed by atoms with Crippen LogP contribution in [0.15, 0.2) is 18.2 Å². The Morgan fingerprint density at radius 3 is 2.40 bits per heavy atom. The molecule has 1 heterocycles. The van der Waals surface area contributed by atoms with Crippen molar-refractivity contribution in [3.8, 4) is 5.75 Å². The number of nitrogens with zero attached hydrogens (tertiary/aromatic N) is 1. The molecule has 0 amide bonds. The van der Waals surface area contributed by atoms with Crippen LogP contribution in [0.5, 0.6) is 5.75 Å². The van der Waals surface area contributed by atoms with Crippen molar-refractivity contribution in [3.63, 3.8) is 0 Å². The summed E-state index contributed by atoms with van der Waals surface area (Å²) in [5.41, 5.74) is 2.36. The first-order chi connectivity index (χ1) is 9.13. The minimum Gasteiger partial charge on any atom is -1.00 e. The lowest BCUT2D eigenvalue weighted by molar-refractivity contribution is -0.0000331. The largest absolute Gasteiger partial charge is 1.00 e. The van der Waals surface area contributed by atoms with E-state index in [1.54, 1.807) is 0 Å². The van der Waals surface area contributed by atoms with E-state index >= 15 is 0 Å². The molecular weight excluding hydrogens is 278 g/mol. The van der Waals surface area contributed by atoms with Crippen LogP contribution >= 0.6 is 0 Å². The van der Waals surface area contributed by atoms with Crippen LogP contribution in [0.4, 0.5) is 0 Å². The maximum Gasteiger partial charge on any atom is 0.119 e. The lowest BCUT2D eigenvalue weighted by atomic mass is 10.1. The molecule has 1 aromatic carbocycles. The number of hydrogen-bond donors (Lipinski definition) is 1. The average Bonchev–Trinajstić information content (AvgIpc) is 2.36. The zero-order valence-corrected chi connectivity index (χ0v) is 12.9. The van der Waals surface area contributed by atoms with Crippen LogP contribution in [-0.2, 0) is 4.74 Å². The van der Waals surface area contributed by atoms with Gasteiger partial charge in [-0.15, -0.1) is 0 Å². The number of benzene rings is 1. The molecule has 20 heavy (non-hydrogen) atoms. The summed E-state index contributed by atoms with van der Waals surface area (Å²) in [6.45, 7) is 8.36. The molecule has 1 N–H and O–H groups in total. The molecule has 5 heteroatoms. The highest BCUT2D eigenvalue weighted by molar-refractivity contribution is 5.32. The van der Waals surface area contributed by atoms with E-state index in [1.807, 2.05) is 26.0 Å². The summed E-state index contributed by atoms with van der Waals surface area (Å²) in [6.07, 6.45) is -0.459. The number of β-amino-alcohol motifs (C(OH)–C–C–N with tert-alkyl or cyclic N) is 1. The van der Waals surface area contributed by atoms with Crippen molar-refractivity contribution in [3.05, 3.63) is 29.3 Å². The van der Waals surface area contributed by atoms with E-state index in [4.69, 9.17) is 9.47 Å². The molecule has 1 aliphatic rings. The topological polar surface area (TPSA) is 41.9 Å². The highest BCUT2D eigenvalue weighted by atomic mass is 35.5. The van der Waals surface area contributed by atoms with Gasteiger partial charge >= 0.3 is 0 Å². The van der Waals surface area contributed by atoms with Gasteiger partial charge < -0.3 is 27.0 Å². The van der Waals surface area contributed by atoms with Crippen LogP contribution < -0.4 is 17.1 Å². The predicted molar refractivity (Wildman–Crippen MR) is 74.7 cm³/mol. The fourth-order valence-electron chi connectivity index (χ4n) is 2.34. The Morgan fingerprint density at radius 2 is 1.80 bits per heavy atom. The highest BCUT2D eigenvalue weighted by Gasteiger charge is 2.15. The summed E-state index contributed by atoms with van der Waals surface area (Å²) in [5, 5.41) is 9.99. The second kappa shape index (κ2) is 8.47. The third-order valence-electron chi connectivity index (χ3n) is 3.21. The molecule has 114 valence electrons. The van der Waals surface area contributed by atoms with Gasteiger partial charge in [-0.05, 0) is 37.1 Å². The fraction of sp³-hybridized carbons (Fsp3) is 0.600. The molecule has 1 unspecified atom stereocenters. The Kier molecular flexibility index (Phi) is 7.30. The monoisotopic (exact) mass is 300 g/mol. The van der Waals surface area contributed by atoms with Crippen molar-refractivity contribution in [2.45, 2.75) is 20.0 Å². The third kappa shape index (κ3) is 5.67. The van der Waals surface area contributed by atoms with Gasteiger partial charge in [0, 0.05) is 19.6 Å². The first-order valence-corrected chi connectivity index (χ1v) is 6.83. The Labute approximate surface area is 127 Å². The van der Waals surface area contributed by atoms with Gasteiger partial charge in [-0.25, -0.2) is 0 Å². The number of morpholine rings is 1. The van der Waals surface area contributed by atoms with Crippen LogP contribution in [0.3, 0.4) is 0 Å². The molecular formula is C15H23ClNO3-. The minimum atomic E-state index is -0.459. The Balaban J connectivity index is 0.00000200. The van der Waals surface area contributed by atoms with Gasteiger partial charge in [-0.1, -0.05) is 6.07 Å². The first kappa shape index (κ1) is 17.2. The van der Waals surface area contributed by atoms with Crippen LogP contribution in [-0.4, -0.2) is 55.6 Å². The molecule has 1 fully saturated rings. The van der Waals surface area contributed by atoms with Gasteiger partial charge in [0.15, 0.2) is 0 Å². The maximum atomic E-state index is 9.99. The Bertz CT molecular complexity index is 388. The van der Waals surface area contributed by atoms with E-state index in [9.17, 15) is 5.11 Å². The highest BCUT2D eigenvalue weighted by Crippen LogP contribution is 2.16. The standard InChI is InChI=1S/C15H23NO3.ClH/c1-12-7-13(2)9-15(8-12)19-11-14(17)10-16-3-5-18-6-4-16;/h7-9,14,17H,3-6,10-11H2,1-2H3;1H/p-1. The molecule has 4 nitrogen and oxygen atoms in total. The third-order valence-corrected chi connectivity index (χ3v) is 3.21. The van der Waals surface area contributed by atoms with Crippen molar-refractivity contribution in [1.29, 1.82) is 0 Å². The van der Waals surface area contributed by atoms with Crippen LogP contribution in [0.2, 0.25) is 0 Å². The van der Waals surface area contributed by atoms with E-state index in [0.717, 1.165) is 32.1 Å². The number of halogens is 1. The van der Waals surface area contributed by atoms with Crippen LogP contribution in [0.1, 0.15) is 11.1 Å².